The maximum absolute atomic E-state index is 12.2. The van der Waals surface area contributed by atoms with Crippen LogP contribution >= 0.6 is 0 Å². The van der Waals surface area contributed by atoms with Crippen LogP contribution in [0.15, 0.2) is 24.3 Å². The van der Waals surface area contributed by atoms with Crippen LogP contribution in [-0.2, 0) is 4.74 Å². The van der Waals surface area contributed by atoms with Gasteiger partial charge in [-0.2, -0.15) is 0 Å². The second-order valence-corrected chi connectivity index (χ2v) is 4.75. The third-order valence-corrected chi connectivity index (χ3v) is 3.18. The molecule has 0 fully saturated rings. The molecule has 1 N–H and O–H groups in total. The Morgan fingerprint density at radius 2 is 1.95 bits per heavy atom. The van der Waals surface area contributed by atoms with Gasteiger partial charge >= 0.3 is 5.97 Å². The second-order valence-electron chi connectivity index (χ2n) is 4.75. The highest BCUT2D eigenvalue weighted by atomic mass is 16.5. The molecule has 1 unspecified atom stereocenters. The summed E-state index contributed by atoms with van der Waals surface area (Å²) in [5.74, 6) is -0.223. The highest BCUT2D eigenvalue weighted by Gasteiger charge is 2.17. The van der Waals surface area contributed by atoms with Gasteiger partial charge in [-0.1, -0.05) is 45.2 Å². The lowest BCUT2D eigenvalue weighted by molar-refractivity contribution is 0.0256. The van der Waals surface area contributed by atoms with E-state index in [1.807, 2.05) is 25.2 Å². The highest BCUT2D eigenvalue weighted by Crippen LogP contribution is 2.19. The minimum absolute atomic E-state index is 0.0439. The summed E-state index contributed by atoms with van der Waals surface area (Å²) >= 11 is 0. The lowest BCUT2D eigenvalue weighted by Gasteiger charge is -2.18. The molecule has 0 aliphatic rings. The van der Waals surface area contributed by atoms with Gasteiger partial charge in [0.25, 0.3) is 0 Å². The number of unbranched alkanes of at least 4 members (excludes halogenated alkanes) is 1. The first-order chi connectivity index (χ1) is 9.22. The summed E-state index contributed by atoms with van der Waals surface area (Å²) in [6, 6.07) is 7.45. The van der Waals surface area contributed by atoms with Crippen molar-refractivity contribution in [2.45, 2.75) is 52.1 Å². The van der Waals surface area contributed by atoms with Crippen LogP contribution in [0.2, 0.25) is 0 Å². The lowest BCUT2D eigenvalue weighted by atomic mass is 10.1. The molecular formula is C16H25NO2. The van der Waals surface area contributed by atoms with Crippen molar-refractivity contribution in [2.24, 2.45) is 0 Å². The van der Waals surface area contributed by atoms with Crippen molar-refractivity contribution < 1.29 is 9.53 Å². The highest BCUT2D eigenvalue weighted by molar-refractivity contribution is 5.95. The van der Waals surface area contributed by atoms with Gasteiger partial charge in [-0.05, 0) is 25.0 Å². The first-order valence-electron chi connectivity index (χ1n) is 7.20. The molecule has 0 bridgehead atoms. The molecule has 0 spiro atoms. The van der Waals surface area contributed by atoms with Crippen molar-refractivity contribution in [3.05, 3.63) is 29.8 Å². The maximum atomic E-state index is 12.2. The van der Waals surface area contributed by atoms with Crippen LogP contribution in [0, 0.1) is 0 Å². The van der Waals surface area contributed by atoms with Gasteiger partial charge in [0.1, 0.15) is 6.10 Å². The first kappa shape index (κ1) is 15.5. The minimum atomic E-state index is -0.223. The van der Waals surface area contributed by atoms with Crippen LogP contribution < -0.4 is 5.32 Å². The number of nitrogens with one attached hydrogen (secondary N) is 1. The van der Waals surface area contributed by atoms with Crippen molar-refractivity contribution in [3.63, 3.8) is 0 Å². The Bertz CT molecular complexity index is 390. The topological polar surface area (TPSA) is 38.3 Å². The van der Waals surface area contributed by atoms with E-state index in [0.29, 0.717) is 5.56 Å². The van der Waals surface area contributed by atoms with E-state index in [0.717, 1.165) is 37.8 Å². The zero-order valence-electron chi connectivity index (χ0n) is 12.2. The third-order valence-electron chi connectivity index (χ3n) is 3.18. The SMILES string of the molecule is CCCCC(CCC)OC(=O)c1ccccc1NC. The summed E-state index contributed by atoms with van der Waals surface area (Å²) in [5, 5.41) is 3.02. The molecule has 0 aliphatic carbocycles. The third kappa shape index (κ3) is 4.93. The first-order valence-corrected chi connectivity index (χ1v) is 7.20. The Balaban J connectivity index is 2.69. The number of carbonyl (C=O) groups excluding carboxylic acids is 1. The largest absolute Gasteiger partial charge is 0.459 e. The van der Waals surface area contributed by atoms with Crippen LogP contribution in [0.5, 0.6) is 0 Å². The number of anilines is 1. The van der Waals surface area contributed by atoms with Gasteiger partial charge in [0, 0.05) is 12.7 Å². The van der Waals surface area contributed by atoms with Crippen LogP contribution in [-0.4, -0.2) is 19.1 Å². The summed E-state index contributed by atoms with van der Waals surface area (Å²) in [5.41, 5.74) is 1.43. The van der Waals surface area contributed by atoms with E-state index in [4.69, 9.17) is 4.74 Å². The van der Waals surface area contributed by atoms with E-state index < -0.39 is 0 Å². The summed E-state index contributed by atoms with van der Waals surface area (Å²) < 4.78 is 5.64. The van der Waals surface area contributed by atoms with Crippen LogP contribution in [0.25, 0.3) is 0 Å². The summed E-state index contributed by atoms with van der Waals surface area (Å²) in [4.78, 5) is 12.2. The molecule has 106 valence electrons. The van der Waals surface area contributed by atoms with Gasteiger partial charge in [-0.25, -0.2) is 4.79 Å². The molecule has 0 aliphatic heterocycles. The Hall–Kier alpha value is -1.51. The summed E-state index contributed by atoms with van der Waals surface area (Å²) in [7, 11) is 1.81. The number of esters is 1. The molecule has 3 heteroatoms. The van der Waals surface area contributed by atoms with Crippen LogP contribution in [0.1, 0.15) is 56.3 Å². The van der Waals surface area contributed by atoms with Crippen molar-refractivity contribution in [1.29, 1.82) is 0 Å². The van der Waals surface area contributed by atoms with Crippen LogP contribution in [0.3, 0.4) is 0 Å². The van der Waals surface area contributed by atoms with Crippen molar-refractivity contribution in [3.8, 4) is 0 Å². The van der Waals surface area contributed by atoms with E-state index in [1.54, 1.807) is 6.07 Å². The number of benzene rings is 1. The van der Waals surface area contributed by atoms with Gasteiger partial charge in [0.05, 0.1) is 5.56 Å². The summed E-state index contributed by atoms with van der Waals surface area (Å²) in [6.45, 7) is 4.27. The number of para-hydroxylation sites is 1. The summed E-state index contributed by atoms with van der Waals surface area (Å²) in [6.07, 6.45) is 5.21. The molecule has 0 amide bonds. The fourth-order valence-corrected chi connectivity index (χ4v) is 2.11. The molecule has 19 heavy (non-hydrogen) atoms. The van der Waals surface area contributed by atoms with Crippen molar-refractivity contribution in [2.75, 3.05) is 12.4 Å². The van der Waals surface area contributed by atoms with Gasteiger partial charge in [0.15, 0.2) is 0 Å². The molecule has 3 nitrogen and oxygen atoms in total. The monoisotopic (exact) mass is 263 g/mol. The molecule has 1 aromatic rings. The van der Waals surface area contributed by atoms with Gasteiger partial charge < -0.3 is 10.1 Å². The van der Waals surface area contributed by atoms with Crippen molar-refractivity contribution in [1.82, 2.24) is 0 Å². The molecule has 0 aromatic heterocycles. The molecule has 1 atom stereocenters. The van der Waals surface area contributed by atoms with Crippen molar-refractivity contribution >= 4 is 11.7 Å². The molecule has 1 aromatic carbocycles. The number of hydrogen-bond donors (Lipinski definition) is 1. The number of carbonyl (C=O) groups is 1. The fourth-order valence-electron chi connectivity index (χ4n) is 2.11. The number of hydrogen-bond acceptors (Lipinski definition) is 3. The standard InChI is InChI=1S/C16H25NO2/c1-4-6-10-13(9-5-2)19-16(18)14-11-7-8-12-15(14)17-3/h7-8,11-13,17H,4-6,9-10H2,1-3H3. The number of ether oxygens (including phenoxy) is 1. The van der Waals surface area contributed by atoms with Crippen LogP contribution in [0.4, 0.5) is 5.69 Å². The zero-order valence-corrected chi connectivity index (χ0v) is 12.2. The number of rotatable bonds is 8. The predicted molar refractivity (Wildman–Crippen MR) is 79.6 cm³/mol. The lowest BCUT2D eigenvalue weighted by Crippen LogP contribution is -2.19. The van der Waals surface area contributed by atoms with E-state index in [-0.39, 0.29) is 12.1 Å². The Labute approximate surface area is 116 Å². The molecular weight excluding hydrogens is 238 g/mol. The van der Waals surface area contributed by atoms with Gasteiger partial charge in [-0.15, -0.1) is 0 Å². The quantitative estimate of drug-likeness (QED) is 0.713. The van der Waals surface area contributed by atoms with E-state index in [1.165, 1.54) is 0 Å². The smallest absolute Gasteiger partial charge is 0.340 e. The van der Waals surface area contributed by atoms with E-state index >= 15 is 0 Å². The molecule has 0 saturated heterocycles. The Morgan fingerprint density at radius 1 is 1.21 bits per heavy atom. The fraction of sp³-hybridized carbons (Fsp3) is 0.562. The normalized spacial score (nSPS) is 11.9. The maximum Gasteiger partial charge on any atom is 0.340 e. The van der Waals surface area contributed by atoms with E-state index in [2.05, 4.69) is 19.2 Å². The molecule has 1 rings (SSSR count). The molecule has 0 radical (unpaired) electrons. The predicted octanol–water partition coefficient (Wildman–Crippen LogP) is 4.24. The molecule has 0 heterocycles. The average Bonchev–Trinajstić information content (AvgIpc) is 2.44. The Morgan fingerprint density at radius 3 is 2.58 bits per heavy atom. The average molecular weight is 263 g/mol. The Kier molecular flexibility index (Phi) is 7.01. The van der Waals surface area contributed by atoms with Gasteiger partial charge in [0.2, 0.25) is 0 Å². The van der Waals surface area contributed by atoms with Gasteiger partial charge in [-0.3, -0.25) is 0 Å². The molecule has 0 saturated carbocycles. The second kappa shape index (κ2) is 8.57. The zero-order chi connectivity index (χ0) is 14.1. The van der Waals surface area contributed by atoms with E-state index in [9.17, 15) is 4.79 Å². The minimum Gasteiger partial charge on any atom is -0.459 e.